The Hall–Kier alpha value is -4.80. The standard InChI is InChI=1S/C34H38N2O8/c1-42-28(37)21-18-24-16-19-27(20-17-24)31(38)43-22-10-2-3-11-23-44-33(41)34(32(39)40,29(35)25-12-6-4-7-13-25)30(36)26-14-8-5-9-15-26/h4-9,12-21,29-30H,2-3,10-11,22-23,35-36H2,1H3,(H,39,40). The highest BCUT2D eigenvalue weighted by atomic mass is 16.5. The normalized spacial score (nSPS) is 13.8. The molecule has 0 fully saturated rings. The molecule has 0 heterocycles. The summed E-state index contributed by atoms with van der Waals surface area (Å²) in [4.78, 5) is 49.9. The van der Waals surface area contributed by atoms with E-state index in [4.69, 9.17) is 20.9 Å². The van der Waals surface area contributed by atoms with E-state index in [9.17, 15) is 24.3 Å². The number of nitrogens with two attached hydrogens (primary N) is 2. The van der Waals surface area contributed by atoms with E-state index in [0.29, 0.717) is 42.4 Å². The maximum Gasteiger partial charge on any atom is 0.338 e. The van der Waals surface area contributed by atoms with Gasteiger partial charge in [-0.3, -0.25) is 9.59 Å². The Morgan fingerprint density at radius 2 is 1.25 bits per heavy atom. The van der Waals surface area contributed by atoms with Crippen LogP contribution >= 0.6 is 0 Å². The number of rotatable bonds is 16. The molecular weight excluding hydrogens is 564 g/mol. The van der Waals surface area contributed by atoms with Crippen LogP contribution in [-0.2, 0) is 28.6 Å². The lowest BCUT2D eigenvalue weighted by Crippen LogP contribution is -2.55. The lowest BCUT2D eigenvalue weighted by Gasteiger charge is -2.37. The zero-order valence-electron chi connectivity index (χ0n) is 24.6. The molecule has 44 heavy (non-hydrogen) atoms. The first-order valence-corrected chi connectivity index (χ1v) is 14.3. The van der Waals surface area contributed by atoms with Crippen molar-refractivity contribution in [3.05, 3.63) is 113 Å². The molecule has 0 bridgehead atoms. The van der Waals surface area contributed by atoms with E-state index in [1.807, 2.05) is 0 Å². The predicted molar refractivity (Wildman–Crippen MR) is 164 cm³/mol. The number of hydrogen-bond acceptors (Lipinski definition) is 9. The van der Waals surface area contributed by atoms with Crippen LogP contribution < -0.4 is 11.5 Å². The number of ether oxygens (including phenoxy) is 3. The number of unbranched alkanes of at least 4 members (excludes halogenated alkanes) is 3. The minimum atomic E-state index is -2.27. The van der Waals surface area contributed by atoms with Crippen LogP contribution in [0.4, 0.5) is 0 Å². The lowest BCUT2D eigenvalue weighted by atomic mass is 9.69. The monoisotopic (exact) mass is 602 g/mol. The van der Waals surface area contributed by atoms with Gasteiger partial charge in [-0.05, 0) is 60.6 Å². The molecule has 0 saturated heterocycles. The van der Waals surface area contributed by atoms with Gasteiger partial charge in [0.05, 0.1) is 38.0 Å². The molecule has 0 spiro atoms. The van der Waals surface area contributed by atoms with Gasteiger partial charge in [-0.2, -0.15) is 0 Å². The van der Waals surface area contributed by atoms with Gasteiger partial charge in [0.2, 0.25) is 5.41 Å². The summed E-state index contributed by atoms with van der Waals surface area (Å²) in [6, 6.07) is 21.0. The van der Waals surface area contributed by atoms with E-state index >= 15 is 0 Å². The van der Waals surface area contributed by atoms with Crippen molar-refractivity contribution in [2.45, 2.75) is 37.8 Å². The van der Waals surface area contributed by atoms with Crippen LogP contribution in [0.1, 0.15) is 64.8 Å². The minimum absolute atomic E-state index is 0.0204. The van der Waals surface area contributed by atoms with Gasteiger partial charge in [0.25, 0.3) is 0 Å². The van der Waals surface area contributed by atoms with Crippen LogP contribution in [0.5, 0.6) is 0 Å². The van der Waals surface area contributed by atoms with Gasteiger partial charge in [0, 0.05) is 6.08 Å². The number of hydrogen-bond donors (Lipinski definition) is 3. The van der Waals surface area contributed by atoms with Crippen molar-refractivity contribution in [2.24, 2.45) is 16.9 Å². The molecular formula is C34H38N2O8. The Morgan fingerprint density at radius 3 is 1.73 bits per heavy atom. The molecule has 0 saturated carbocycles. The minimum Gasteiger partial charge on any atom is -0.480 e. The molecule has 2 unspecified atom stereocenters. The van der Waals surface area contributed by atoms with Crippen molar-refractivity contribution in [2.75, 3.05) is 20.3 Å². The molecule has 0 aliphatic rings. The summed E-state index contributed by atoms with van der Waals surface area (Å²) in [5.74, 6) is -3.40. The summed E-state index contributed by atoms with van der Waals surface area (Å²) in [7, 11) is 1.29. The zero-order chi connectivity index (χ0) is 32.0. The van der Waals surface area contributed by atoms with Crippen LogP contribution in [-0.4, -0.2) is 49.3 Å². The highest BCUT2D eigenvalue weighted by Gasteiger charge is 2.58. The van der Waals surface area contributed by atoms with Gasteiger partial charge in [-0.25, -0.2) is 9.59 Å². The van der Waals surface area contributed by atoms with Crippen LogP contribution in [0.25, 0.3) is 6.08 Å². The van der Waals surface area contributed by atoms with E-state index in [-0.39, 0.29) is 13.2 Å². The molecule has 0 radical (unpaired) electrons. The van der Waals surface area contributed by atoms with Crippen molar-refractivity contribution in [3.63, 3.8) is 0 Å². The number of carboxylic acids is 1. The molecule has 2 atom stereocenters. The molecule has 5 N–H and O–H groups in total. The molecule has 10 nitrogen and oxygen atoms in total. The number of aliphatic carboxylic acids is 1. The van der Waals surface area contributed by atoms with E-state index < -0.39 is 41.4 Å². The fourth-order valence-corrected chi connectivity index (χ4v) is 4.70. The molecule has 0 aliphatic carbocycles. The van der Waals surface area contributed by atoms with Gasteiger partial charge in [-0.15, -0.1) is 0 Å². The van der Waals surface area contributed by atoms with Crippen LogP contribution in [0.2, 0.25) is 0 Å². The second kappa shape index (κ2) is 16.7. The average molecular weight is 603 g/mol. The smallest absolute Gasteiger partial charge is 0.338 e. The van der Waals surface area contributed by atoms with E-state index in [0.717, 1.165) is 5.56 Å². The van der Waals surface area contributed by atoms with Gasteiger partial charge in [0.1, 0.15) is 0 Å². The highest BCUT2D eigenvalue weighted by molar-refractivity contribution is 6.01. The van der Waals surface area contributed by atoms with Crippen molar-refractivity contribution in [1.82, 2.24) is 0 Å². The zero-order valence-corrected chi connectivity index (χ0v) is 24.6. The van der Waals surface area contributed by atoms with E-state index in [2.05, 4.69) is 4.74 Å². The fraction of sp³-hybridized carbons (Fsp3) is 0.294. The topological polar surface area (TPSA) is 168 Å². The number of esters is 3. The largest absolute Gasteiger partial charge is 0.480 e. The Kier molecular flexibility index (Phi) is 12.8. The average Bonchev–Trinajstić information content (AvgIpc) is 3.05. The summed E-state index contributed by atoms with van der Waals surface area (Å²) in [5, 5.41) is 10.4. The number of carbonyl (C=O) groups excluding carboxylic acids is 3. The molecule has 232 valence electrons. The first-order valence-electron chi connectivity index (χ1n) is 14.3. The quantitative estimate of drug-likeness (QED) is 0.0692. The predicted octanol–water partition coefficient (Wildman–Crippen LogP) is 4.60. The van der Waals surface area contributed by atoms with E-state index in [1.165, 1.54) is 13.2 Å². The summed E-state index contributed by atoms with van der Waals surface area (Å²) in [6.07, 6.45) is 5.28. The maximum atomic E-state index is 13.5. The Morgan fingerprint density at radius 1 is 0.750 bits per heavy atom. The van der Waals surface area contributed by atoms with Crippen LogP contribution in [0, 0.1) is 5.41 Å². The van der Waals surface area contributed by atoms with Crippen molar-refractivity contribution in [1.29, 1.82) is 0 Å². The van der Waals surface area contributed by atoms with Crippen LogP contribution in [0.3, 0.4) is 0 Å². The van der Waals surface area contributed by atoms with Crippen molar-refractivity contribution >= 4 is 30.0 Å². The summed E-state index contributed by atoms with van der Waals surface area (Å²) >= 11 is 0. The second-order valence-electron chi connectivity index (χ2n) is 10.1. The maximum absolute atomic E-state index is 13.5. The van der Waals surface area contributed by atoms with E-state index in [1.54, 1.807) is 91.0 Å². The number of benzene rings is 3. The molecule has 10 heteroatoms. The van der Waals surface area contributed by atoms with Gasteiger partial charge >= 0.3 is 23.9 Å². The van der Waals surface area contributed by atoms with Crippen molar-refractivity contribution < 1.29 is 38.5 Å². The molecule has 3 aromatic rings. The van der Waals surface area contributed by atoms with Gasteiger partial charge in [-0.1, -0.05) is 72.8 Å². The molecule has 0 aromatic heterocycles. The summed E-state index contributed by atoms with van der Waals surface area (Å²) in [6.45, 7) is 0.191. The molecule has 3 aromatic carbocycles. The first-order chi connectivity index (χ1) is 21.2. The molecule has 0 aliphatic heterocycles. The summed E-state index contributed by atoms with van der Waals surface area (Å²) < 4.78 is 15.4. The SMILES string of the molecule is COC(=O)C=Cc1ccc(C(=O)OCCCCCCOC(=O)C(C(=O)O)(C(N)c2ccccc2)C(N)c2ccccc2)cc1. The fourth-order valence-electron chi connectivity index (χ4n) is 4.70. The third kappa shape index (κ3) is 8.62. The Labute approximate surface area is 256 Å². The second-order valence-corrected chi connectivity index (χ2v) is 10.1. The Bertz CT molecular complexity index is 1360. The summed E-state index contributed by atoms with van der Waals surface area (Å²) in [5.41, 5.74) is 12.7. The van der Waals surface area contributed by atoms with Crippen LogP contribution in [0.15, 0.2) is 91.0 Å². The number of carbonyl (C=O) groups is 4. The highest BCUT2D eigenvalue weighted by Crippen LogP contribution is 2.43. The lowest BCUT2D eigenvalue weighted by molar-refractivity contribution is -0.173. The third-order valence-electron chi connectivity index (χ3n) is 7.25. The first kappa shape index (κ1) is 33.7. The van der Waals surface area contributed by atoms with Gasteiger partial charge < -0.3 is 30.8 Å². The third-order valence-corrected chi connectivity index (χ3v) is 7.25. The Balaban J connectivity index is 1.50. The number of carboxylic acid groups (broad SMARTS) is 1. The van der Waals surface area contributed by atoms with Crippen molar-refractivity contribution in [3.8, 4) is 0 Å². The molecule has 0 amide bonds. The molecule has 3 rings (SSSR count). The number of methoxy groups -OCH3 is 1. The van der Waals surface area contributed by atoms with Gasteiger partial charge in [0.15, 0.2) is 0 Å².